The van der Waals surface area contributed by atoms with Crippen LogP contribution in [0.2, 0.25) is 10.0 Å². The fraction of sp³-hybridized carbons (Fsp3) is 0.188. The molecule has 0 radical (unpaired) electrons. The van der Waals surface area contributed by atoms with Crippen LogP contribution in [0.15, 0.2) is 36.4 Å². The summed E-state index contributed by atoms with van der Waals surface area (Å²) >= 11 is 11.7. The molecule has 0 spiro atoms. The molecule has 2 rings (SSSR count). The number of aryl methyl sites for hydroxylation is 1. The molecular formula is C16H15Cl2N3O3. The third-order valence-electron chi connectivity index (χ3n) is 3.32. The number of rotatable bonds is 6. The summed E-state index contributed by atoms with van der Waals surface area (Å²) in [5.74, 6) is -0.260. The normalized spacial score (nSPS) is 10.3. The molecule has 0 aliphatic heterocycles. The zero-order valence-electron chi connectivity index (χ0n) is 12.8. The van der Waals surface area contributed by atoms with E-state index in [0.717, 1.165) is 5.56 Å². The van der Waals surface area contributed by atoms with Crippen molar-refractivity contribution in [3.05, 3.63) is 67.7 Å². The van der Waals surface area contributed by atoms with E-state index in [1.54, 1.807) is 24.3 Å². The van der Waals surface area contributed by atoms with E-state index in [2.05, 4.69) is 10.6 Å². The highest BCUT2D eigenvalue weighted by Gasteiger charge is 2.14. The summed E-state index contributed by atoms with van der Waals surface area (Å²) in [6.45, 7) is 2.48. The first-order chi connectivity index (χ1) is 11.4. The van der Waals surface area contributed by atoms with Gasteiger partial charge in [-0.1, -0.05) is 29.3 Å². The van der Waals surface area contributed by atoms with Gasteiger partial charge in [-0.2, -0.15) is 0 Å². The van der Waals surface area contributed by atoms with E-state index in [-0.39, 0.29) is 16.6 Å². The minimum atomic E-state index is -0.513. The van der Waals surface area contributed by atoms with Gasteiger partial charge in [0.05, 0.1) is 4.92 Å². The lowest BCUT2D eigenvalue weighted by molar-refractivity contribution is -0.383. The van der Waals surface area contributed by atoms with Gasteiger partial charge in [-0.3, -0.25) is 14.9 Å². The Bertz CT molecular complexity index is 781. The largest absolute Gasteiger partial charge is 0.378 e. The van der Waals surface area contributed by atoms with Crippen LogP contribution in [0, 0.1) is 17.0 Å². The van der Waals surface area contributed by atoms with Crippen LogP contribution in [0.25, 0.3) is 0 Å². The van der Waals surface area contributed by atoms with E-state index in [1.165, 1.54) is 12.1 Å². The Morgan fingerprint density at radius 1 is 1.17 bits per heavy atom. The summed E-state index contributed by atoms with van der Waals surface area (Å²) in [5.41, 5.74) is 1.59. The molecule has 0 aliphatic rings. The van der Waals surface area contributed by atoms with Crippen LogP contribution in [0.1, 0.15) is 15.9 Å². The quantitative estimate of drug-likeness (QED) is 0.458. The summed E-state index contributed by atoms with van der Waals surface area (Å²) in [5, 5.41) is 17.4. The van der Waals surface area contributed by atoms with Gasteiger partial charge in [0, 0.05) is 34.8 Å². The predicted octanol–water partition coefficient (Wildman–Crippen LogP) is 4.05. The zero-order valence-corrected chi connectivity index (χ0v) is 14.3. The van der Waals surface area contributed by atoms with Gasteiger partial charge < -0.3 is 10.6 Å². The first-order valence-corrected chi connectivity index (χ1v) is 7.86. The van der Waals surface area contributed by atoms with Crippen molar-refractivity contribution in [2.24, 2.45) is 0 Å². The standard InChI is InChI=1S/C16H15Cl2N3O3/c1-10-2-3-11(8-13(10)18)16(22)20-7-6-19-14-5-4-12(17)9-15(14)21(23)24/h2-5,8-9,19H,6-7H2,1H3,(H,20,22). The fourth-order valence-corrected chi connectivity index (χ4v) is 2.36. The molecule has 0 saturated carbocycles. The Labute approximate surface area is 148 Å². The van der Waals surface area contributed by atoms with Crippen molar-refractivity contribution in [1.29, 1.82) is 0 Å². The maximum absolute atomic E-state index is 12.0. The molecule has 6 nitrogen and oxygen atoms in total. The molecule has 0 unspecified atom stereocenters. The SMILES string of the molecule is Cc1ccc(C(=O)NCCNc2ccc(Cl)cc2[N+](=O)[O-])cc1Cl. The Morgan fingerprint density at radius 2 is 1.92 bits per heavy atom. The van der Waals surface area contributed by atoms with Crippen LogP contribution in [-0.2, 0) is 0 Å². The molecule has 0 bridgehead atoms. The number of benzene rings is 2. The van der Waals surface area contributed by atoms with Crippen molar-refractivity contribution in [2.45, 2.75) is 6.92 Å². The molecular weight excluding hydrogens is 353 g/mol. The summed E-state index contributed by atoms with van der Waals surface area (Å²) in [6.07, 6.45) is 0. The number of nitrogens with zero attached hydrogens (tertiary/aromatic N) is 1. The maximum atomic E-state index is 12.0. The highest BCUT2D eigenvalue weighted by Crippen LogP contribution is 2.27. The molecule has 126 valence electrons. The number of hydrogen-bond donors (Lipinski definition) is 2. The number of nitro benzene ring substituents is 1. The van der Waals surface area contributed by atoms with Gasteiger partial charge in [0.25, 0.3) is 11.6 Å². The maximum Gasteiger partial charge on any atom is 0.293 e. The van der Waals surface area contributed by atoms with Gasteiger partial charge >= 0.3 is 0 Å². The van der Waals surface area contributed by atoms with Crippen molar-refractivity contribution >= 4 is 40.5 Å². The van der Waals surface area contributed by atoms with Crippen LogP contribution in [-0.4, -0.2) is 23.9 Å². The van der Waals surface area contributed by atoms with E-state index in [0.29, 0.717) is 29.4 Å². The highest BCUT2D eigenvalue weighted by molar-refractivity contribution is 6.31. The molecule has 0 heterocycles. The molecule has 0 aliphatic carbocycles. The lowest BCUT2D eigenvalue weighted by Crippen LogP contribution is -2.28. The Kier molecular flexibility index (Phi) is 6.00. The third kappa shape index (κ3) is 4.59. The van der Waals surface area contributed by atoms with Crippen molar-refractivity contribution in [3.8, 4) is 0 Å². The minimum Gasteiger partial charge on any atom is -0.378 e. The molecule has 2 aromatic carbocycles. The number of hydrogen-bond acceptors (Lipinski definition) is 4. The lowest BCUT2D eigenvalue weighted by atomic mass is 10.1. The Morgan fingerprint density at radius 3 is 2.58 bits per heavy atom. The Balaban J connectivity index is 1.90. The molecule has 0 fully saturated rings. The highest BCUT2D eigenvalue weighted by atomic mass is 35.5. The monoisotopic (exact) mass is 367 g/mol. The van der Waals surface area contributed by atoms with E-state index in [9.17, 15) is 14.9 Å². The van der Waals surface area contributed by atoms with Gasteiger partial charge in [0.1, 0.15) is 5.69 Å². The second-order valence-corrected chi connectivity index (χ2v) is 5.91. The lowest BCUT2D eigenvalue weighted by Gasteiger charge is -2.09. The van der Waals surface area contributed by atoms with Crippen molar-refractivity contribution in [2.75, 3.05) is 18.4 Å². The minimum absolute atomic E-state index is 0.112. The van der Waals surface area contributed by atoms with Gasteiger partial charge in [0.15, 0.2) is 0 Å². The number of nitrogens with one attached hydrogen (secondary N) is 2. The van der Waals surface area contributed by atoms with E-state index in [4.69, 9.17) is 23.2 Å². The smallest absolute Gasteiger partial charge is 0.293 e. The zero-order chi connectivity index (χ0) is 17.7. The fourth-order valence-electron chi connectivity index (χ4n) is 2.01. The van der Waals surface area contributed by atoms with Gasteiger partial charge in [-0.25, -0.2) is 0 Å². The molecule has 0 atom stereocenters. The summed E-state index contributed by atoms with van der Waals surface area (Å²) in [6, 6.07) is 9.42. The van der Waals surface area contributed by atoms with Gasteiger partial charge in [-0.15, -0.1) is 0 Å². The molecule has 1 amide bonds. The molecule has 2 N–H and O–H groups in total. The first kappa shape index (κ1) is 18.0. The van der Waals surface area contributed by atoms with E-state index >= 15 is 0 Å². The van der Waals surface area contributed by atoms with Crippen molar-refractivity contribution in [1.82, 2.24) is 5.32 Å². The number of anilines is 1. The second kappa shape index (κ2) is 7.99. The Hall–Kier alpha value is -2.31. The van der Waals surface area contributed by atoms with E-state index < -0.39 is 4.92 Å². The second-order valence-electron chi connectivity index (χ2n) is 5.07. The first-order valence-electron chi connectivity index (χ1n) is 7.10. The topological polar surface area (TPSA) is 84.3 Å². The summed E-state index contributed by atoms with van der Waals surface area (Å²) in [4.78, 5) is 22.5. The number of halogens is 2. The van der Waals surface area contributed by atoms with Crippen LogP contribution in [0.3, 0.4) is 0 Å². The molecule has 2 aromatic rings. The van der Waals surface area contributed by atoms with Gasteiger partial charge in [0.2, 0.25) is 0 Å². The van der Waals surface area contributed by atoms with Crippen LogP contribution >= 0.6 is 23.2 Å². The number of carbonyl (C=O) groups excluding carboxylic acids is 1. The summed E-state index contributed by atoms with van der Waals surface area (Å²) in [7, 11) is 0. The summed E-state index contributed by atoms with van der Waals surface area (Å²) < 4.78 is 0. The van der Waals surface area contributed by atoms with Gasteiger partial charge in [-0.05, 0) is 36.8 Å². The molecule has 0 aromatic heterocycles. The van der Waals surface area contributed by atoms with E-state index in [1.807, 2.05) is 6.92 Å². The molecule has 0 saturated heterocycles. The predicted molar refractivity (Wildman–Crippen MR) is 95.1 cm³/mol. The average Bonchev–Trinajstić information content (AvgIpc) is 2.54. The van der Waals surface area contributed by atoms with Crippen LogP contribution in [0.5, 0.6) is 0 Å². The third-order valence-corrected chi connectivity index (χ3v) is 3.96. The number of carbonyl (C=O) groups is 1. The number of amides is 1. The number of nitro groups is 1. The average molecular weight is 368 g/mol. The van der Waals surface area contributed by atoms with Crippen molar-refractivity contribution in [3.63, 3.8) is 0 Å². The molecule has 8 heteroatoms. The van der Waals surface area contributed by atoms with Crippen LogP contribution < -0.4 is 10.6 Å². The molecule has 24 heavy (non-hydrogen) atoms. The van der Waals surface area contributed by atoms with Crippen molar-refractivity contribution < 1.29 is 9.72 Å². The van der Waals surface area contributed by atoms with Crippen LogP contribution in [0.4, 0.5) is 11.4 Å².